The van der Waals surface area contributed by atoms with E-state index in [-0.39, 0.29) is 0 Å². The Balaban J connectivity index is 1.53. The van der Waals surface area contributed by atoms with Crippen molar-refractivity contribution in [1.82, 2.24) is 0 Å². The molecule has 2 aliphatic heterocycles. The van der Waals surface area contributed by atoms with Crippen LogP contribution < -0.4 is 11.7 Å². The minimum absolute atomic E-state index is 1.02. The van der Waals surface area contributed by atoms with Gasteiger partial charge in [0.25, 0.3) is 0 Å². The van der Waals surface area contributed by atoms with E-state index < -0.39 is 19.3 Å². The number of hydrogen-bond donors (Lipinski definition) is 0. The van der Waals surface area contributed by atoms with Crippen molar-refractivity contribution in [2.45, 2.75) is 16.7 Å². The van der Waals surface area contributed by atoms with Crippen molar-refractivity contribution in [1.29, 1.82) is 0 Å². The summed E-state index contributed by atoms with van der Waals surface area (Å²) < 4.78 is 5.65. The number of hydrogen-bond acceptors (Lipinski definition) is 3. The number of rotatable bonds is 4. The van der Waals surface area contributed by atoms with Gasteiger partial charge in [0.1, 0.15) is 0 Å². The summed E-state index contributed by atoms with van der Waals surface area (Å²) in [7, 11) is 0. The van der Waals surface area contributed by atoms with Gasteiger partial charge in [0.15, 0.2) is 0 Å². The van der Waals surface area contributed by atoms with Crippen LogP contribution in [0.15, 0.2) is 101 Å². The van der Waals surface area contributed by atoms with E-state index in [1.165, 1.54) is 21.2 Å². The molecule has 5 rings (SSSR count). The summed E-state index contributed by atoms with van der Waals surface area (Å²) in [6.07, 6.45) is 4.64. The zero-order valence-corrected chi connectivity index (χ0v) is 18.2. The Hall–Kier alpha value is -1.99. The second-order valence-corrected chi connectivity index (χ2v) is 12.7. The molecule has 0 aliphatic carbocycles. The molecular formula is C23H20N2STe. The normalized spacial score (nSPS) is 15.4. The molecule has 0 saturated heterocycles. The molecule has 4 heteroatoms. The van der Waals surface area contributed by atoms with Crippen LogP contribution in [-0.2, 0) is 0 Å². The van der Waals surface area contributed by atoms with Gasteiger partial charge in [-0.25, -0.2) is 0 Å². The number of nitrogens with zero attached hydrogens (tertiary/aromatic N) is 2. The maximum atomic E-state index is 2.55. The van der Waals surface area contributed by atoms with Gasteiger partial charge in [0, 0.05) is 0 Å². The van der Waals surface area contributed by atoms with Gasteiger partial charge in [-0.15, -0.1) is 0 Å². The van der Waals surface area contributed by atoms with Crippen molar-refractivity contribution < 1.29 is 0 Å². The molecule has 2 aliphatic rings. The third-order valence-electron chi connectivity index (χ3n) is 4.75. The zero-order chi connectivity index (χ0) is 18.2. The summed E-state index contributed by atoms with van der Waals surface area (Å²) >= 11 is 0.0576. The van der Waals surface area contributed by atoms with E-state index in [2.05, 4.69) is 106 Å². The Kier molecular flexibility index (Phi) is 4.57. The van der Waals surface area contributed by atoms with Gasteiger partial charge in [0.2, 0.25) is 0 Å². The molecule has 0 amide bonds. The summed E-state index contributed by atoms with van der Waals surface area (Å²) in [5.74, 6) is 0. The van der Waals surface area contributed by atoms with Crippen LogP contribution in [0.1, 0.15) is 6.92 Å². The van der Waals surface area contributed by atoms with Crippen LogP contribution in [0.3, 0.4) is 0 Å². The quantitative estimate of drug-likeness (QED) is 0.500. The molecule has 0 unspecified atom stereocenters. The Morgan fingerprint density at radius 2 is 1.59 bits per heavy atom. The topological polar surface area (TPSA) is 6.48 Å². The zero-order valence-electron chi connectivity index (χ0n) is 15.1. The predicted octanol–water partition coefficient (Wildman–Crippen LogP) is 4.62. The van der Waals surface area contributed by atoms with E-state index in [0.29, 0.717) is 0 Å². The van der Waals surface area contributed by atoms with Crippen LogP contribution in [0.5, 0.6) is 0 Å². The fourth-order valence-corrected chi connectivity index (χ4v) is 11.1. The van der Waals surface area contributed by atoms with Gasteiger partial charge in [0.05, 0.1) is 0 Å². The Morgan fingerprint density at radius 1 is 0.852 bits per heavy atom. The number of fused-ring (bicyclic) bond motifs is 2. The Bertz CT molecular complexity index is 1040. The standard InChI is InChI=1S/C23H20N2STe/c1-2-24-21-17-20(26-19-11-7-4-8-12-19)13-14-22(21)27-23(24)15-16-25(27)18-9-5-3-6-10-18/h3-17H,2H2,1H3. The van der Waals surface area contributed by atoms with E-state index in [0.717, 1.165) is 6.54 Å². The molecule has 0 spiro atoms. The van der Waals surface area contributed by atoms with E-state index >= 15 is 0 Å². The molecule has 0 bridgehead atoms. The SMILES string of the molecule is CCN1C2=[Te](c3ccc(Sc4ccccc4)cc31)N(c1ccccc1)C=C2. The van der Waals surface area contributed by atoms with Crippen molar-refractivity contribution in [2.24, 2.45) is 0 Å². The average molecular weight is 484 g/mol. The number of para-hydroxylation sites is 1. The Morgan fingerprint density at radius 3 is 2.33 bits per heavy atom. The molecule has 0 fully saturated rings. The van der Waals surface area contributed by atoms with Gasteiger partial charge >= 0.3 is 172 Å². The van der Waals surface area contributed by atoms with Crippen molar-refractivity contribution in [3.8, 4) is 0 Å². The molecular weight excluding hydrogens is 464 g/mol. The van der Waals surface area contributed by atoms with Crippen LogP contribution >= 0.6 is 11.8 Å². The van der Waals surface area contributed by atoms with E-state index in [1.54, 1.807) is 7.29 Å². The van der Waals surface area contributed by atoms with Crippen molar-refractivity contribution in [2.75, 3.05) is 14.6 Å². The first kappa shape index (κ1) is 17.1. The monoisotopic (exact) mass is 486 g/mol. The van der Waals surface area contributed by atoms with Crippen molar-refractivity contribution in [3.63, 3.8) is 0 Å². The van der Waals surface area contributed by atoms with Crippen LogP contribution in [-0.4, -0.2) is 29.6 Å². The summed E-state index contributed by atoms with van der Waals surface area (Å²) in [5.41, 5.74) is 2.72. The second kappa shape index (κ2) is 7.20. The third kappa shape index (κ3) is 3.02. The van der Waals surface area contributed by atoms with Crippen LogP contribution in [0.2, 0.25) is 0 Å². The van der Waals surface area contributed by atoms with Gasteiger partial charge < -0.3 is 0 Å². The summed E-state index contributed by atoms with van der Waals surface area (Å²) in [4.78, 5) is 5.13. The van der Waals surface area contributed by atoms with Gasteiger partial charge in [-0.1, -0.05) is 0 Å². The van der Waals surface area contributed by atoms with Crippen molar-refractivity contribution >= 4 is 49.8 Å². The maximum absolute atomic E-state index is 2.55. The first-order chi connectivity index (χ1) is 13.3. The fourth-order valence-electron chi connectivity index (χ4n) is 3.54. The fraction of sp³-hybridized carbons (Fsp3) is 0.0870. The predicted molar refractivity (Wildman–Crippen MR) is 118 cm³/mol. The van der Waals surface area contributed by atoms with Crippen LogP contribution in [0.25, 0.3) is 0 Å². The number of benzene rings is 3. The van der Waals surface area contributed by atoms with Gasteiger partial charge in [-0.05, 0) is 0 Å². The Labute approximate surface area is 171 Å². The summed E-state index contributed by atoms with van der Waals surface area (Å²) in [5, 5.41) is 0. The van der Waals surface area contributed by atoms with E-state index in [9.17, 15) is 0 Å². The molecule has 0 atom stereocenters. The van der Waals surface area contributed by atoms with E-state index in [1.807, 2.05) is 11.8 Å². The first-order valence-electron chi connectivity index (χ1n) is 9.13. The first-order valence-corrected chi connectivity index (χ1v) is 13.3. The average Bonchev–Trinajstić information content (AvgIpc) is 3.27. The van der Waals surface area contributed by atoms with Crippen molar-refractivity contribution in [3.05, 3.63) is 91.1 Å². The molecule has 0 saturated carbocycles. The summed E-state index contributed by atoms with van der Waals surface area (Å²) in [6, 6.07) is 28.5. The molecule has 0 N–H and O–H groups in total. The molecule has 0 aromatic heterocycles. The summed E-state index contributed by atoms with van der Waals surface area (Å²) in [6.45, 7) is 3.28. The second-order valence-electron chi connectivity index (χ2n) is 6.39. The minimum atomic E-state index is -1.79. The van der Waals surface area contributed by atoms with Crippen LogP contribution in [0, 0.1) is 0 Å². The molecule has 2 heterocycles. The van der Waals surface area contributed by atoms with Gasteiger partial charge in [-0.2, -0.15) is 0 Å². The third-order valence-corrected chi connectivity index (χ3v) is 12.1. The molecule has 3 aromatic carbocycles. The molecule has 2 nitrogen and oxygen atoms in total. The number of anilines is 2. The van der Waals surface area contributed by atoms with Crippen LogP contribution in [0.4, 0.5) is 11.4 Å². The molecule has 27 heavy (non-hydrogen) atoms. The van der Waals surface area contributed by atoms with E-state index in [4.69, 9.17) is 0 Å². The molecule has 3 aromatic rings. The molecule has 0 radical (unpaired) electrons. The number of likely N-dealkylation sites (N-methyl/N-ethyl adjacent to an activating group) is 1. The molecule has 134 valence electrons. The van der Waals surface area contributed by atoms with Gasteiger partial charge in [-0.3, -0.25) is 0 Å².